The summed E-state index contributed by atoms with van der Waals surface area (Å²) in [4.78, 5) is 39.2. The lowest BCUT2D eigenvalue weighted by atomic mass is 10.1. The number of aromatic nitrogens is 1. The van der Waals surface area contributed by atoms with Crippen molar-refractivity contribution in [3.63, 3.8) is 0 Å². The number of fused-ring (bicyclic) bond motifs is 1. The first-order valence-electron chi connectivity index (χ1n) is 9.09. The third-order valence-corrected chi connectivity index (χ3v) is 4.46. The molecule has 0 spiro atoms. The van der Waals surface area contributed by atoms with Gasteiger partial charge in [0.2, 0.25) is 11.7 Å². The topological polar surface area (TPSA) is 112 Å². The van der Waals surface area contributed by atoms with Crippen molar-refractivity contribution in [3.05, 3.63) is 65.4 Å². The number of aromatic amines is 1. The second kappa shape index (κ2) is 8.85. The van der Waals surface area contributed by atoms with E-state index in [4.69, 9.17) is 10.00 Å². The molecule has 0 radical (unpaired) electrons. The van der Waals surface area contributed by atoms with Gasteiger partial charge in [0.15, 0.2) is 6.61 Å². The second-order valence-electron chi connectivity index (χ2n) is 6.36. The van der Waals surface area contributed by atoms with Crippen molar-refractivity contribution in [1.29, 1.82) is 5.26 Å². The maximum absolute atomic E-state index is 12.5. The van der Waals surface area contributed by atoms with Crippen LogP contribution in [0.15, 0.2) is 48.7 Å². The number of esters is 1. The number of para-hydroxylation sites is 1. The van der Waals surface area contributed by atoms with Crippen LogP contribution < -0.4 is 5.32 Å². The highest BCUT2D eigenvalue weighted by atomic mass is 16.5. The number of aryl methyl sites for hydroxylation is 1. The zero-order chi connectivity index (χ0) is 20.8. The largest absolute Gasteiger partial charge is 0.454 e. The van der Waals surface area contributed by atoms with Gasteiger partial charge in [-0.2, -0.15) is 5.26 Å². The van der Waals surface area contributed by atoms with Gasteiger partial charge in [0, 0.05) is 28.4 Å². The van der Waals surface area contributed by atoms with Gasteiger partial charge in [-0.3, -0.25) is 9.59 Å². The summed E-state index contributed by atoms with van der Waals surface area (Å²) in [5.41, 5.74) is 3.23. The Morgan fingerprint density at radius 3 is 2.59 bits per heavy atom. The zero-order valence-corrected chi connectivity index (χ0v) is 15.8. The number of H-pyrrole nitrogens is 1. The number of anilines is 1. The second-order valence-corrected chi connectivity index (χ2v) is 6.36. The molecule has 7 heteroatoms. The maximum atomic E-state index is 12.5. The number of hydrogen-bond acceptors (Lipinski definition) is 5. The van der Waals surface area contributed by atoms with Gasteiger partial charge in [0.05, 0.1) is 11.6 Å². The van der Waals surface area contributed by atoms with Gasteiger partial charge in [-0.05, 0) is 36.2 Å². The molecular formula is C22H19N3O4. The molecule has 1 heterocycles. The minimum Gasteiger partial charge on any atom is -0.454 e. The molecule has 0 atom stereocenters. The number of Topliss-reactive ketones (excluding diaryl/α,β-unsaturated/α-hetero) is 1. The SMILES string of the molecule is CCc1cccc2c(C(=O)COC(=O)c3ccc(NC(=O)CC#N)cc3)c[nH]c12. The van der Waals surface area contributed by atoms with Crippen LogP contribution in [0.1, 0.15) is 39.6 Å². The highest BCUT2D eigenvalue weighted by Crippen LogP contribution is 2.22. The van der Waals surface area contributed by atoms with E-state index in [2.05, 4.69) is 10.3 Å². The average Bonchev–Trinajstić information content (AvgIpc) is 3.17. The fourth-order valence-corrected chi connectivity index (χ4v) is 3.00. The number of hydrogen-bond donors (Lipinski definition) is 2. The molecular weight excluding hydrogens is 370 g/mol. The molecule has 0 unspecified atom stereocenters. The van der Waals surface area contributed by atoms with Gasteiger partial charge in [0.25, 0.3) is 0 Å². The molecule has 1 amide bonds. The lowest BCUT2D eigenvalue weighted by Gasteiger charge is -2.06. The Hall–Kier alpha value is -3.92. The number of benzene rings is 2. The first kappa shape index (κ1) is 19.8. The summed E-state index contributed by atoms with van der Waals surface area (Å²) in [6.07, 6.45) is 2.23. The van der Waals surface area contributed by atoms with Crippen LogP contribution in [0, 0.1) is 11.3 Å². The number of carbonyl (C=O) groups excluding carboxylic acids is 3. The number of carbonyl (C=O) groups is 3. The minimum atomic E-state index is -0.637. The number of ketones is 1. The minimum absolute atomic E-state index is 0.251. The lowest BCUT2D eigenvalue weighted by Crippen LogP contribution is -2.14. The third kappa shape index (κ3) is 4.50. The van der Waals surface area contributed by atoms with Crippen LogP contribution in [-0.4, -0.2) is 29.3 Å². The van der Waals surface area contributed by atoms with Crippen molar-refractivity contribution >= 4 is 34.3 Å². The highest BCUT2D eigenvalue weighted by Gasteiger charge is 2.16. The maximum Gasteiger partial charge on any atom is 0.338 e. The molecule has 146 valence electrons. The fourth-order valence-electron chi connectivity index (χ4n) is 3.00. The molecule has 0 saturated carbocycles. The summed E-state index contributed by atoms with van der Waals surface area (Å²) in [5.74, 6) is -1.36. The van der Waals surface area contributed by atoms with E-state index < -0.39 is 11.9 Å². The van der Waals surface area contributed by atoms with E-state index in [0.717, 1.165) is 22.9 Å². The van der Waals surface area contributed by atoms with Crippen LogP contribution >= 0.6 is 0 Å². The number of rotatable bonds is 7. The van der Waals surface area contributed by atoms with E-state index in [1.165, 1.54) is 24.3 Å². The summed E-state index contributed by atoms with van der Waals surface area (Å²) < 4.78 is 5.15. The quantitative estimate of drug-likeness (QED) is 0.473. The monoisotopic (exact) mass is 389 g/mol. The number of amides is 1. The van der Waals surface area contributed by atoms with E-state index in [1.807, 2.05) is 25.1 Å². The molecule has 0 bridgehead atoms. The number of nitrogens with one attached hydrogen (secondary N) is 2. The molecule has 29 heavy (non-hydrogen) atoms. The van der Waals surface area contributed by atoms with Gasteiger partial charge < -0.3 is 15.0 Å². The van der Waals surface area contributed by atoms with Crippen LogP contribution in [0.2, 0.25) is 0 Å². The van der Waals surface area contributed by atoms with Crippen LogP contribution in [0.25, 0.3) is 10.9 Å². The van der Waals surface area contributed by atoms with Crippen LogP contribution in [0.4, 0.5) is 5.69 Å². The van der Waals surface area contributed by atoms with E-state index in [1.54, 1.807) is 12.3 Å². The molecule has 2 aromatic carbocycles. The third-order valence-electron chi connectivity index (χ3n) is 4.46. The lowest BCUT2D eigenvalue weighted by molar-refractivity contribution is -0.115. The van der Waals surface area contributed by atoms with Gasteiger partial charge in [-0.25, -0.2) is 4.79 Å². The molecule has 0 saturated heterocycles. The Labute approximate surface area is 167 Å². The molecule has 0 aliphatic carbocycles. The number of ether oxygens (including phenoxy) is 1. The van der Waals surface area contributed by atoms with Crippen molar-refractivity contribution in [3.8, 4) is 6.07 Å². The molecule has 0 aliphatic rings. The predicted molar refractivity (Wildman–Crippen MR) is 108 cm³/mol. The average molecular weight is 389 g/mol. The Morgan fingerprint density at radius 2 is 1.90 bits per heavy atom. The smallest absolute Gasteiger partial charge is 0.338 e. The highest BCUT2D eigenvalue weighted by molar-refractivity contribution is 6.09. The predicted octanol–water partition coefficient (Wildman–Crippen LogP) is 3.62. The van der Waals surface area contributed by atoms with Crippen molar-refractivity contribution in [2.45, 2.75) is 19.8 Å². The summed E-state index contributed by atoms with van der Waals surface area (Å²) >= 11 is 0. The van der Waals surface area contributed by atoms with Crippen molar-refractivity contribution in [2.75, 3.05) is 11.9 Å². The van der Waals surface area contributed by atoms with E-state index in [9.17, 15) is 14.4 Å². The summed E-state index contributed by atoms with van der Waals surface area (Å²) in [5, 5.41) is 11.8. The van der Waals surface area contributed by atoms with Crippen LogP contribution in [-0.2, 0) is 16.0 Å². The van der Waals surface area contributed by atoms with Gasteiger partial charge in [-0.1, -0.05) is 25.1 Å². The van der Waals surface area contributed by atoms with Gasteiger partial charge >= 0.3 is 5.97 Å². The van der Waals surface area contributed by atoms with E-state index >= 15 is 0 Å². The van der Waals surface area contributed by atoms with Gasteiger partial charge in [0.1, 0.15) is 6.42 Å². The Morgan fingerprint density at radius 1 is 1.14 bits per heavy atom. The van der Waals surface area contributed by atoms with Crippen LogP contribution in [0.5, 0.6) is 0 Å². The fraction of sp³-hybridized carbons (Fsp3) is 0.182. The zero-order valence-electron chi connectivity index (χ0n) is 15.8. The van der Waals surface area contributed by atoms with E-state index in [-0.39, 0.29) is 24.4 Å². The summed E-state index contributed by atoms with van der Waals surface area (Å²) in [7, 11) is 0. The Bertz CT molecular complexity index is 1110. The molecule has 3 rings (SSSR count). The van der Waals surface area contributed by atoms with E-state index in [0.29, 0.717) is 11.3 Å². The van der Waals surface area contributed by atoms with Crippen molar-refractivity contribution in [1.82, 2.24) is 4.98 Å². The molecule has 7 nitrogen and oxygen atoms in total. The number of nitrogens with zero attached hydrogens (tertiary/aromatic N) is 1. The molecule has 3 aromatic rings. The molecule has 1 aromatic heterocycles. The van der Waals surface area contributed by atoms with Crippen molar-refractivity contribution in [2.24, 2.45) is 0 Å². The first-order chi connectivity index (χ1) is 14.0. The Kier molecular flexibility index (Phi) is 6.05. The first-order valence-corrected chi connectivity index (χ1v) is 9.09. The molecule has 2 N–H and O–H groups in total. The standard InChI is InChI=1S/C22H19N3O4/c1-2-14-4-3-5-17-18(12-24-21(14)17)19(26)13-29-22(28)15-6-8-16(9-7-15)25-20(27)10-11-23/h3-9,12,24H,2,10,13H2,1H3,(H,25,27). The number of nitriles is 1. The van der Waals surface area contributed by atoms with Gasteiger partial charge in [-0.15, -0.1) is 0 Å². The Balaban J connectivity index is 1.63. The summed E-state index contributed by atoms with van der Waals surface area (Å²) in [6.45, 7) is 1.67. The normalized spacial score (nSPS) is 10.3. The molecule has 0 aliphatic heterocycles. The van der Waals surface area contributed by atoms with Crippen molar-refractivity contribution < 1.29 is 19.1 Å². The van der Waals surface area contributed by atoms with Crippen LogP contribution in [0.3, 0.4) is 0 Å². The molecule has 0 fully saturated rings. The summed E-state index contributed by atoms with van der Waals surface area (Å²) in [6, 6.07) is 13.5.